The number of hydrogen-bond donors (Lipinski definition) is 1. The number of aromatic nitrogens is 2. The average molecular weight is 450 g/mol. The van der Waals surface area contributed by atoms with Crippen LogP contribution in [0, 0.1) is 5.92 Å². The number of anilines is 1. The summed E-state index contributed by atoms with van der Waals surface area (Å²) >= 11 is 7.40. The molecule has 0 aliphatic rings. The lowest BCUT2D eigenvalue weighted by Crippen LogP contribution is -2.43. The van der Waals surface area contributed by atoms with Gasteiger partial charge in [0, 0.05) is 23.7 Å². The molecule has 0 radical (unpaired) electrons. The molecule has 3 aromatic rings. The summed E-state index contributed by atoms with van der Waals surface area (Å²) < 4.78 is 7.89. The molecule has 0 amide bonds. The molecule has 30 heavy (non-hydrogen) atoms. The Bertz CT molecular complexity index is 1270. The van der Waals surface area contributed by atoms with Crippen LogP contribution in [0.15, 0.2) is 33.9 Å². The number of halogens is 1. The molecule has 0 spiro atoms. The van der Waals surface area contributed by atoms with Gasteiger partial charge in [-0.2, -0.15) is 0 Å². The molecule has 2 heterocycles. The number of nitrogen functional groups attached to an aromatic ring is 1. The fourth-order valence-electron chi connectivity index (χ4n) is 3.00. The highest BCUT2D eigenvalue weighted by molar-refractivity contribution is 7.21. The number of esters is 1. The molecule has 0 aliphatic heterocycles. The molecule has 0 aliphatic carbocycles. The van der Waals surface area contributed by atoms with Crippen molar-refractivity contribution in [2.24, 2.45) is 13.0 Å². The Morgan fingerprint density at radius 2 is 1.90 bits per heavy atom. The number of hydrogen-bond acceptors (Lipinski definition) is 7. The third-order valence-corrected chi connectivity index (χ3v) is 6.12. The van der Waals surface area contributed by atoms with E-state index in [0.29, 0.717) is 5.39 Å². The lowest BCUT2D eigenvalue weighted by Gasteiger charge is -2.16. The van der Waals surface area contributed by atoms with Crippen molar-refractivity contribution in [2.75, 3.05) is 12.3 Å². The standard InChI is InChI=1S/C20H20ClN3O5S/c1-10(2)8-24-17(22)14(18(26)23(3)20(24)28)12(25)9-29-19(27)16-15(21)11-6-4-5-7-13(11)30-16/h4-7,10H,8-9,22H2,1-3H3. The van der Waals surface area contributed by atoms with Gasteiger partial charge in [-0.25, -0.2) is 9.59 Å². The summed E-state index contributed by atoms with van der Waals surface area (Å²) in [6.07, 6.45) is 0. The van der Waals surface area contributed by atoms with Gasteiger partial charge in [-0.15, -0.1) is 11.3 Å². The fraction of sp³-hybridized carbons (Fsp3) is 0.300. The number of nitrogens with two attached hydrogens (primary N) is 1. The van der Waals surface area contributed by atoms with Gasteiger partial charge < -0.3 is 10.5 Å². The third-order valence-electron chi connectivity index (χ3n) is 4.46. The van der Waals surface area contributed by atoms with Crippen LogP contribution in [-0.2, 0) is 18.3 Å². The van der Waals surface area contributed by atoms with Crippen LogP contribution in [0.5, 0.6) is 0 Å². The molecule has 0 saturated heterocycles. The van der Waals surface area contributed by atoms with Crippen LogP contribution in [0.25, 0.3) is 10.1 Å². The van der Waals surface area contributed by atoms with Gasteiger partial charge in [0.25, 0.3) is 5.56 Å². The molecule has 1 aromatic carbocycles. The largest absolute Gasteiger partial charge is 0.453 e. The number of nitrogens with zero attached hydrogens (tertiary/aromatic N) is 2. The first-order valence-corrected chi connectivity index (χ1v) is 10.3. The highest BCUT2D eigenvalue weighted by atomic mass is 35.5. The van der Waals surface area contributed by atoms with E-state index >= 15 is 0 Å². The predicted octanol–water partition coefficient (Wildman–Crippen LogP) is 2.69. The Hall–Kier alpha value is -2.91. The zero-order valence-corrected chi connectivity index (χ0v) is 18.2. The second-order valence-electron chi connectivity index (χ2n) is 7.15. The smallest absolute Gasteiger partial charge is 0.350 e. The number of rotatable bonds is 6. The Morgan fingerprint density at radius 1 is 1.23 bits per heavy atom. The van der Waals surface area contributed by atoms with Gasteiger partial charge in [0.2, 0.25) is 5.78 Å². The van der Waals surface area contributed by atoms with Crippen molar-refractivity contribution < 1.29 is 14.3 Å². The normalized spacial score (nSPS) is 11.2. The lowest BCUT2D eigenvalue weighted by atomic mass is 10.1. The van der Waals surface area contributed by atoms with Gasteiger partial charge in [-0.3, -0.25) is 18.7 Å². The summed E-state index contributed by atoms with van der Waals surface area (Å²) in [6.45, 7) is 3.27. The van der Waals surface area contributed by atoms with Crippen LogP contribution in [0.4, 0.5) is 5.82 Å². The Labute approximate surface area is 180 Å². The van der Waals surface area contributed by atoms with Crippen molar-refractivity contribution in [1.82, 2.24) is 9.13 Å². The van der Waals surface area contributed by atoms with E-state index in [1.165, 1.54) is 11.6 Å². The number of fused-ring (bicyclic) bond motifs is 1. The number of thiophene rings is 1. The van der Waals surface area contributed by atoms with Crippen molar-refractivity contribution in [1.29, 1.82) is 0 Å². The molecular weight excluding hydrogens is 430 g/mol. The molecule has 0 bridgehead atoms. The van der Waals surface area contributed by atoms with Gasteiger partial charge in [0.05, 0.1) is 5.02 Å². The molecule has 3 rings (SSSR count). The van der Waals surface area contributed by atoms with Gasteiger partial charge in [0.1, 0.15) is 16.3 Å². The predicted molar refractivity (Wildman–Crippen MR) is 117 cm³/mol. The van der Waals surface area contributed by atoms with Crippen molar-refractivity contribution >= 4 is 50.6 Å². The quantitative estimate of drug-likeness (QED) is 0.457. The summed E-state index contributed by atoms with van der Waals surface area (Å²) in [5.74, 6) is -1.76. The van der Waals surface area contributed by atoms with Crippen molar-refractivity contribution in [3.8, 4) is 0 Å². The van der Waals surface area contributed by atoms with E-state index in [1.807, 2.05) is 26.0 Å². The summed E-state index contributed by atoms with van der Waals surface area (Å²) in [4.78, 5) is 50.1. The maximum Gasteiger partial charge on any atom is 0.350 e. The number of carbonyl (C=O) groups excluding carboxylic acids is 2. The van der Waals surface area contributed by atoms with Gasteiger partial charge >= 0.3 is 11.7 Å². The van der Waals surface area contributed by atoms with Crippen LogP contribution in [0.1, 0.15) is 33.9 Å². The molecule has 0 saturated carbocycles. The number of Topliss-reactive ketones (excluding diaryl/α,β-unsaturated/α-hetero) is 1. The minimum absolute atomic E-state index is 0.0541. The summed E-state index contributed by atoms with van der Waals surface area (Å²) in [7, 11) is 1.26. The highest BCUT2D eigenvalue weighted by Crippen LogP contribution is 2.35. The first-order valence-electron chi connectivity index (χ1n) is 9.10. The van der Waals surface area contributed by atoms with Gasteiger partial charge in [-0.1, -0.05) is 43.6 Å². The van der Waals surface area contributed by atoms with E-state index in [9.17, 15) is 19.2 Å². The Kier molecular flexibility index (Phi) is 6.14. The van der Waals surface area contributed by atoms with Crippen LogP contribution >= 0.6 is 22.9 Å². The Morgan fingerprint density at radius 3 is 2.53 bits per heavy atom. The fourth-order valence-corrected chi connectivity index (χ4v) is 4.40. The highest BCUT2D eigenvalue weighted by Gasteiger charge is 2.24. The van der Waals surface area contributed by atoms with E-state index in [0.717, 1.165) is 20.6 Å². The second-order valence-corrected chi connectivity index (χ2v) is 8.58. The molecular formula is C20H20ClN3O5S. The average Bonchev–Trinajstić information content (AvgIpc) is 3.05. The number of carbonyl (C=O) groups is 2. The zero-order valence-electron chi connectivity index (χ0n) is 16.6. The van der Waals surface area contributed by atoms with Gasteiger partial charge in [0.15, 0.2) is 6.61 Å². The SMILES string of the molecule is CC(C)Cn1c(N)c(C(=O)COC(=O)c2sc3ccccc3c2Cl)c(=O)n(C)c1=O. The summed E-state index contributed by atoms with van der Waals surface area (Å²) in [6, 6.07) is 7.21. The molecule has 0 fully saturated rings. The van der Waals surface area contributed by atoms with E-state index in [1.54, 1.807) is 12.1 Å². The van der Waals surface area contributed by atoms with Crippen molar-refractivity contribution in [3.63, 3.8) is 0 Å². The van der Waals surface area contributed by atoms with E-state index in [4.69, 9.17) is 22.1 Å². The summed E-state index contributed by atoms with van der Waals surface area (Å²) in [5.41, 5.74) is 4.13. The summed E-state index contributed by atoms with van der Waals surface area (Å²) in [5, 5.41) is 0.954. The van der Waals surface area contributed by atoms with E-state index < -0.39 is 29.6 Å². The minimum Gasteiger partial charge on any atom is -0.453 e. The maximum atomic E-state index is 12.7. The number of ether oxygens (including phenoxy) is 1. The first-order chi connectivity index (χ1) is 14.1. The molecule has 0 atom stereocenters. The monoisotopic (exact) mass is 449 g/mol. The van der Waals surface area contributed by atoms with Crippen LogP contribution in [0.3, 0.4) is 0 Å². The molecule has 10 heteroatoms. The van der Waals surface area contributed by atoms with Crippen LogP contribution < -0.4 is 17.0 Å². The van der Waals surface area contributed by atoms with E-state index in [-0.39, 0.29) is 33.7 Å². The molecule has 2 aromatic heterocycles. The van der Waals surface area contributed by atoms with E-state index in [2.05, 4.69) is 0 Å². The maximum absolute atomic E-state index is 12.7. The molecule has 158 valence electrons. The molecule has 8 nitrogen and oxygen atoms in total. The number of benzene rings is 1. The van der Waals surface area contributed by atoms with Crippen molar-refractivity contribution in [2.45, 2.75) is 20.4 Å². The van der Waals surface area contributed by atoms with Crippen LogP contribution in [0.2, 0.25) is 5.02 Å². The zero-order chi connectivity index (χ0) is 22.2. The lowest BCUT2D eigenvalue weighted by molar-refractivity contribution is 0.0479. The number of ketones is 1. The minimum atomic E-state index is -0.835. The van der Waals surface area contributed by atoms with Gasteiger partial charge in [-0.05, 0) is 12.0 Å². The molecule has 2 N–H and O–H groups in total. The molecule has 0 unspecified atom stereocenters. The van der Waals surface area contributed by atoms with Crippen molar-refractivity contribution in [3.05, 3.63) is 60.6 Å². The van der Waals surface area contributed by atoms with Crippen LogP contribution in [-0.4, -0.2) is 27.5 Å². The third kappa shape index (κ3) is 3.90. The topological polar surface area (TPSA) is 113 Å². The first kappa shape index (κ1) is 21.8. The Balaban J connectivity index is 1.88. The second kappa shape index (κ2) is 8.45.